The number of imide groups is 1. The standard InChI is InChI=1S/C11H11NO3/c1-15-8-4-2-7(3-5-8)9-6-10(13)12-11(9)14/h2-5,9H,6H2,1H3,(H,12,13,14). The van der Waals surface area contributed by atoms with Crippen molar-refractivity contribution >= 4 is 11.8 Å². The first kappa shape index (κ1) is 9.71. The molecule has 1 aromatic carbocycles. The summed E-state index contributed by atoms with van der Waals surface area (Å²) in [7, 11) is 1.58. The maximum atomic E-state index is 11.4. The van der Waals surface area contributed by atoms with Crippen LogP contribution in [0.15, 0.2) is 24.3 Å². The predicted octanol–water partition coefficient (Wildman–Crippen LogP) is 0.825. The van der Waals surface area contributed by atoms with Gasteiger partial charge < -0.3 is 4.74 Å². The van der Waals surface area contributed by atoms with Crippen LogP contribution >= 0.6 is 0 Å². The number of methoxy groups -OCH3 is 1. The summed E-state index contributed by atoms with van der Waals surface area (Å²) in [6.45, 7) is 0. The molecule has 1 heterocycles. The normalized spacial score (nSPS) is 20.2. The second-order valence-corrected chi connectivity index (χ2v) is 3.44. The van der Waals surface area contributed by atoms with Gasteiger partial charge in [-0.15, -0.1) is 0 Å². The summed E-state index contributed by atoms with van der Waals surface area (Å²) in [4.78, 5) is 22.4. The SMILES string of the molecule is COc1ccc(C2CC(=O)NC2=O)cc1. The third kappa shape index (κ3) is 1.83. The van der Waals surface area contributed by atoms with Crippen molar-refractivity contribution in [3.8, 4) is 5.75 Å². The molecular weight excluding hydrogens is 194 g/mol. The van der Waals surface area contributed by atoms with Crippen LogP contribution in [0.4, 0.5) is 0 Å². The number of carbonyl (C=O) groups is 2. The number of ether oxygens (including phenoxy) is 1. The third-order valence-corrected chi connectivity index (χ3v) is 2.49. The van der Waals surface area contributed by atoms with Crippen LogP contribution in [0.25, 0.3) is 0 Å². The van der Waals surface area contributed by atoms with Gasteiger partial charge in [0.15, 0.2) is 0 Å². The zero-order valence-electron chi connectivity index (χ0n) is 8.32. The Labute approximate surface area is 87.2 Å². The number of carbonyl (C=O) groups excluding carboxylic acids is 2. The summed E-state index contributed by atoms with van der Waals surface area (Å²) in [5.74, 6) is -0.0297. The molecule has 1 aliphatic heterocycles. The van der Waals surface area contributed by atoms with E-state index in [1.165, 1.54) is 0 Å². The van der Waals surface area contributed by atoms with Crippen molar-refractivity contribution in [2.45, 2.75) is 12.3 Å². The van der Waals surface area contributed by atoms with Crippen LogP contribution in [0.1, 0.15) is 17.9 Å². The zero-order chi connectivity index (χ0) is 10.8. The van der Waals surface area contributed by atoms with Gasteiger partial charge in [0.25, 0.3) is 0 Å². The number of hydrogen-bond acceptors (Lipinski definition) is 3. The number of benzene rings is 1. The number of nitrogens with one attached hydrogen (secondary N) is 1. The largest absolute Gasteiger partial charge is 0.497 e. The first-order valence-electron chi connectivity index (χ1n) is 4.68. The molecule has 0 radical (unpaired) electrons. The van der Waals surface area contributed by atoms with E-state index in [1.807, 2.05) is 12.1 Å². The van der Waals surface area contributed by atoms with Crippen molar-refractivity contribution in [1.29, 1.82) is 0 Å². The van der Waals surface area contributed by atoms with Gasteiger partial charge in [0.05, 0.1) is 13.0 Å². The van der Waals surface area contributed by atoms with Gasteiger partial charge in [0.2, 0.25) is 11.8 Å². The molecule has 0 spiro atoms. The van der Waals surface area contributed by atoms with E-state index in [2.05, 4.69) is 5.32 Å². The molecule has 0 saturated carbocycles. The van der Waals surface area contributed by atoms with Crippen LogP contribution in [0.3, 0.4) is 0 Å². The highest BCUT2D eigenvalue weighted by Gasteiger charge is 2.31. The fourth-order valence-electron chi connectivity index (χ4n) is 1.66. The molecule has 15 heavy (non-hydrogen) atoms. The maximum absolute atomic E-state index is 11.4. The van der Waals surface area contributed by atoms with E-state index in [1.54, 1.807) is 19.2 Å². The topological polar surface area (TPSA) is 55.4 Å². The highest BCUT2D eigenvalue weighted by Crippen LogP contribution is 2.25. The Morgan fingerprint density at radius 1 is 1.27 bits per heavy atom. The molecule has 0 aliphatic carbocycles. The fraction of sp³-hybridized carbons (Fsp3) is 0.273. The van der Waals surface area contributed by atoms with Crippen molar-refractivity contribution in [2.24, 2.45) is 0 Å². The van der Waals surface area contributed by atoms with Gasteiger partial charge in [0, 0.05) is 6.42 Å². The quantitative estimate of drug-likeness (QED) is 0.727. The van der Waals surface area contributed by atoms with Crippen molar-refractivity contribution in [3.63, 3.8) is 0 Å². The van der Waals surface area contributed by atoms with Crippen LogP contribution in [0.2, 0.25) is 0 Å². The van der Waals surface area contributed by atoms with Gasteiger partial charge in [-0.2, -0.15) is 0 Å². The van der Waals surface area contributed by atoms with E-state index in [4.69, 9.17) is 4.74 Å². The number of hydrogen-bond donors (Lipinski definition) is 1. The lowest BCUT2D eigenvalue weighted by molar-refractivity contribution is -0.125. The molecule has 1 saturated heterocycles. The molecule has 4 heteroatoms. The highest BCUT2D eigenvalue weighted by molar-refractivity contribution is 6.06. The summed E-state index contributed by atoms with van der Waals surface area (Å²) in [6, 6.07) is 7.18. The molecule has 1 fully saturated rings. The first-order chi connectivity index (χ1) is 7.20. The summed E-state index contributed by atoms with van der Waals surface area (Å²) >= 11 is 0. The minimum atomic E-state index is -0.344. The average Bonchev–Trinajstić information content (AvgIpc) is 2.58. The van der Waals surface area contributed by atoms with E-state index < -0.39 is 0 Å². The highest BCUT2D eigenvalue weighted by atomic mass is 16.5. The molecule has 1 aromatic rings. The van der Waals surface area contributed by atoms with Crippen LogP contribution in [0, 0.1) is 0 Å². The second-order valence-electron chi connectivity index (χ2n) is 3.44. The molecule has 2 rings (SSSR count). The van der Waals surface area contributed by atoms with E-state index in [-0.39, 0.29) is 24.2 Å². The molecule has 4 nitrogen and oxygen atoms in total. The smallest absolute Gasteiger partial charge is 0.234 e. The molecule has 1 N–H and O–H groups in total. The van der Waals surface area contributed by atoms with Crippen molar-refractivity contribution in [1.82, 2.24) is 5.32 Å². The van der Waals surface area contributed by atoms with Crippen molar-refractivity contribution < 1.29 is 14.3 Å². The second kappa shape index (κ2) is 3.73. The van der Waals surface area contributed by atoms with Crippen molar-refractivity contribution in [3.05, 3.63) is 29.8 Å². The molecule has 1 atom stereocenters. The van der Waals surface area contributed by atoms with Crippen molar-refractivity contribution in [2.75, 3.05) is 7.11 Å². The molecule has 0 aromatic heterocycles. The van der Waals surface area contributed by atoms with Gasteiger partial charge in [-0.25, -0.2) is 0 Å². The van der Waals surface area contributed by atoms with Gasteiger partial charge in [-0.1, -0.05) is 12.1 Å². The van der Waals surface area contributed by atoms with Crippen LogP contribution in [-0.4, -0.2) is 18.9 Å². The van der Waals surface area contributed by atoms with Crippen LogP contribution in [0.5, 0.6) is 5.75 Å². The lowest BCUT2D eigenvalue weighted by Crippen LogP contribution is -2.21. The zero-order valence-corrected chi connectivity index (χ0v) is 8.32. The molecule has 2 amide bonds. The summed E-state index contributed by atoms with van der Waals surface area (Å²) < 4.78 is 5.01. The summed E-state index contributed by atoms with van der Waals surface area (Å²) in [5.41, 5.74) is 0.846. The van der Waals surface area contributed by atoms with Gasteiger partial charge >= 0.3 is 0 Å². The Hall–Kier alpha value is -1.84. The minimum absolute atomic E-state index is 0.208. The van der Waals surface area contributed by atoms with Gasteiger partial charge in [-0.3, -0.25) is 14.9 Å². The predicted molar refractivity (Wildman–Crippen MR) is 53.5 cm³/mol. The number of amides is 2. The Kier molecular flexibility index (Phi) is 2.41. The van der Waals surface area contributed by atoms with Gasteiger partial charge in [-0.05, 0) is 17.7 Å². The Balaban J connectivity index is 2.22. The third-order valence-electron chi connectivity index (χ3n) is 2.49. The lowest BCUT2D eigenvalue weighted by Gasteiger charge is -2.06. The molecular formula is C11H11NO3. The molecule has 0 bridgehead atoms. The monoisotopic (exact) mass is 205 g/mol. The Morgan fingerprint density at radius 3 is 2.40 bits per heavy atom. The summed E-state index contributed by atoms with van der Waals surface area (Å²) in [5, 5.41) is 2.28. The summed E-state index contributed by atoms with van der Waals surface area (Å²) in [6.07, 6.45) is 0.241. The van der Waals surface area contributed by atoms with E-state index in [0.717, 1.165) is 11.3 Å². The maximum Gasteiger partial charge on any atom is 0.234 e. The molecule has 1 unspecified atom stereocenters. The molecule has 1 aliphatic rings. The van der Waals surface area contributed by atoms with E-state index in [9.17, 15) is 9.59 Å². The average molecular weight is 205 g/mol. The van der Waals surface area contributed by atoms with Gasteiger partial charge in [0.1, 0.15) is 5.75 Å². The van der Waals surface area contributed by atoms with E-state index in [0.29, 0.717) is 0 Å². The minimum Gasteiger partial charge on any atom is -0.497 e. The van der Waals surface area contributed by atoms with Crippen LogP contribution in [-0.2, 0) is 9.59 Å². The van der Waals surface area contributed by atoms with E-state index >= 15 is 0 Å². The Morgan fingerprint density at radius 2 is 1.93 bits per heavy atom. The first-order valence-corrected chi connectivity index (χ1v) is 4.68. The molecule has 78 valence electrons. The fourth-order valence-corrected chi connectivity index (χ4v) is 1.66. The number of rotatable bonds is 2. The lowest BCUT2D eigenvalue weighted by atomic mass is 9.98. The van der Waals surface area contributed by atoms with Crippen LogP contribution < -0.4 is 10.1 Å². The Bertz CT molecular complexity index is 397.